The second kappa shape index (κ2) is 8.69. The van der Waals surface area contributed by atoms with Gasteiger partial charge in [-0.1, -0.05) is 24.3 Å². The van der Waals surface area contributed by atoms with E-state index in [0.29, 0.717) is 11.3 Å². The molecule has 1 aliphatic rings. The van der Waals surface area contributed by atoms with Crippen LogP contribution in [-0.4, -0.2) is 47.1 Å². The first kappa shape index (κ1) is 20.9. The maximum absolute atomic E-state index is 12.8. The monoisotopic (exact) mass is 409 g/mol. The molecule has 2 aromatic rings. The zero-order valence-corrected chi connectivity index (χ0v) is 16.4. The fourth-order valence-corrected chi connectivity index (χ4v) is 3.12. The third kappa shape index (κ3) is 4.43. The van der Waals surface area contributed by atoms with Gasteiger partial charge in [0.25, 0.3) is 11.8 Å². The van der Waals surface area contributed by atoms with Crippen LogP contribution in [0.1, 0.15) is 40.1 Å². The molecular formula is C22H19NO7. The topological polar surface area (TPSA) is 107 Å². The van der Waals surface area contributed by atoms with Crippen LogP contribution < -0.4 is 4.74 Å². The van der Waals surface area contributed by atoms with E-state index in [1.165, 1.54) is 38.1 Å². The molecule has 0 saturated heterocycles. The average molecular weight is 409 g/mol. The molecule has 0 saturated carbocycles. The van der Waals surface area contributed by atoms with E-state index in [4.69, 9.17) is 9.47 Å². The first-order chi connectivity index (χ1) is 14.3. The first-order valence-corrected chi connectivity index (χ1v) is 9.18. The summed E-state index contributed by atoms with van der Waals surface area (Å²) in [7, 11) is 0. The minimum Gasteiger partial charge on any atom is -0.456 e. The van der Waals surface area contributed by atoms with Crippen molar-refractivity contribution in [2.45, 2.75) is 26.3 Å². The number of benzene rings is 2. The van der Waals surface area contributed by atoms with Crippen molar-refractivity contribution in [1.29, 1.82) is 0 Å². The Morgan fingerprint density at radius 3 is 1.97 bits per heavy atom. The molecule has 0 N–H and O–H groups in total. The molecule has 8 nitrogen and oxygen atoms in total. The summed E-state index contributed by atoms with van der Waals surface area (Å²) in [5.41, 5.74) is 1.02. The Bertz CT molecular complexity index is 991. The number of carbonyl (C=O) groups excluding carboxylic acids is 5. The summed E-state index contributed by atoms with van der Waals surface area (Å²) in [6.45, 7) is 2.08. The Morgan fingerprint density at radius 1 is 0.900 bits per heavy atom. The van der Waals surface area contributed by atoms with Crippen LogP contribution in [0.4, 0.5) is 0 Å². The van der Waals surface area contributed by atoms with Crippen LogP contribution in [0.15, 0.2) is 48.5 Å². The van der Waals surface area contributed by atoms with Crippen molar-refractivity contribution in [3.63, 3.8) is 0 Å². The number of ketones is 1. The molecule has 0 radical (unpaired) electrons. The molecule has 0 fully saturated rings. The maximum Gasteiger partial charge on any atom is 0.330 e. The van der Waals surface area contributed by atoms with Gasteiger partial charge in [0, 0.05) is 13.3 Å². The molecule has 1 heterocycles. The van der Waals surface area contributed by atoms with E-state index < -0.39 is 36.4 Å². The van der Waals surface area contributed by atoms with Crippen molar-refractivity contribution in [1.82, 2.24) is 4.90 Å². The van der Waals surface area contributed by atoms with Gasteiger partial charge < -0.3 is 9.47 Å². The van der Waals surface area contributed by atoms with Gasteiger partial charge in [0.1, 0.15) is 18.4 Å². The smallest absolute Gasteiger partial charge is 0.330 e. The number of amides is 2. The molecular weight excluding hydrogens is 390 g/mol. The van der Waals surface area contributed by atoms with Crippen LogP contribution in [0.5, 0.6) is 5.75 Å². The summed E-state index contributed by atoms with van der Waals surface area (Å²) in [4.78, 5) is 61.5. The van der Waals surface area contributed by atoms with Gasteiger partial charge in [0.2, 0.25) is 0 Å². The van der Waals surface area contributed by atoms with Gasteiger partial charge in [0.15, 0.2) is 5.78 Å². The third-order valence-corrected chi connectivity index (χ3v) is 4.44. The van der Waals surface area contributed by atoms with Crippen LogP contribution in [0, 0.1) is 0 Å². The van der Waals surface area contributed by atoms with E-state index >= 15 is 0 Å². The molecule has 0 bridgehead atoms. The summed E-state index contributed by atoms with van der Waals surface area (Å²) in [6, 6.07) is 11.3. The molecule has 8 heteroatoms. The van der Waals surface area contributed by atoms with Crippen molar-refractivity contribution in [3.8, 4) is 5.75 Å². The van der Waals surface area contributed by atoms with E-state index in [9.17, 15) is 24.0 Å². The summed E-state index contributed by atoms with van der Waals surface area (Å²) in [5.74, 6) is -2.57. The van der Waals surface area contributed by atoms with Crippen LogP contribution in [-0.2, 0) is 25.5 Å². The van der Waals surface area contributed by atoms with E-state index in [0.717, 1.165) is 4.90 Å². The van der Waals surface area contributed by atoms with Gasteiger partial charge in [-0.25, -0.2) is 4.79 Å². The lowest BCUT2D eigenvalue weighted by molar-refractivity contribution is -0.151. The van der Waals surface area contributed by atoms with Gasteiger partial charge >= 0.3 is 11.9 Å². The highest BCUT2D eigenvalue weighted by Crippen LogP contribution is 2.27. The second-order valence-electron chi connectivity index (χ2n) is 6.79. The van der Waals surface area contributed by atoms with Gasteiger partial charge in [0.05, 0.1) is 11.1 Å². The number of hydrogen-bond acceptors (Lipinski definition) is 7. The molecule has 0 aliphatic carbocycles. The standard InChI is InChI=1S/C22H19NO7/c1-13(24)12-29-22(28)19(11-15-7-9-16(10-8-15)30-14(2)25)23-20(26)17-5-3-4-6-18(17)21(23)27/h3-10,19H,11-12H2,1-2H3/t19-/m1/s1. The Labute approximate surface area is 172 Å². The minimum absolute atomic E-state index is 0.0252. The predicted octanol–water partition coefficient (Wildman–Crippen LogP) is 1.95. The SMILES string of the molecule is CC(=O)COC(=O)[C@@H](Cc1ccc(OC(C)=O)cc1)N1C(=O)c2ccccc2C1=O. The van der Waals surface area contributed by atoms with Gasteiger partial charge in [-0.15, -0.1) is 0 Å². The van der Waals surface area contributed by atoms with Crippen molar-refractivity contribution in [3.05, 3.63) is 65.2 Å². The van der Waals surface area contributed by atoms with Crippen LogP contribution in [0.3, 0.4) is 0 Å². The van der Waals surface area contributed by atoms with Gasteiger partial charge in [-0.2, -0.15) is 0 Å². The van der Waals surface area contributed by atoms with Gasteiger partial charge in [-0.05, 0) is 36.8 Å². The highest BCUT2D eigenvalue weighted by atomic mass is 16.5. The molecule has 0 unspecified atom stereocenters. The van der Waals surface area contributed by atoms with Crippen molar-refractivity contribution >= 4 is 29.5 Å². The molecule has 2 amide bonds. The number of ether oxygens (including phenoxy) is 2. The van der Waals surface area contributed by atoms with Crippen LogP contribution >= 0.6 is 0 Å². The third-order valence-electron chi connectivity index (χ3n) is 4.44. The average Bonchev–Trinajstić information content (AvgIpc) is 2.96. The lowest BCUT2D eigenvalue weighted by Gasteiger charge is -2.24. The number of nitrogens with zero attached hydrogens (tertiary/aromatic N) is 1. The molecule has 1 aliphatic heterocycles. The number of hydrogen-bond donors (Lipinski definition) is 0. The van der Waals surface area contributed by atoms with E-state index in [-0.39, 0.29) is 23.3 Å². The Hall–Kier alpha value is -3.81. The normalized spacial score (nSPS) is 13.6. The van der Waals surface area contributed by atoms with Crippen LogP contribution in [0.2, 0.25) is 0 Å². The Kier molecular flexibility index (Phi) is 6.06. The molecule has 0 spiro atoms. The maximum atomic E-state index is 12.8. The molecule has 30 heavy (non-hydrogen) atoms. The quantitative estimate of drug-likeness (QED) is 0.391. The fraction of sp³-hybridized carbons (Fsp3) is 0.227. The lowest BCUT2D eigenvalue weighted by Crippen LogP contribution is -2.47. The van der Waals surface area contributed by atoms with Gasteiger partial charge in [-0.3, -0.25) is 24.1 Å². The summed E-state index contributed by atoms with van der Waals surface area (Å²) < 4.78 is 9.99. The molecule has 154 valence electrons. The lowest BCUT2D eigenvalue weighted by atomic mass is 10.0. The van der Waals surface area contributed by atoms with Crippen molar-refractivity contribution in [2.24, 2.45) is 0 Å². The number of esters is 2. The fourth-order valence-electron chi connectivity index (χ4n) is 3.12. The van der Waals surface area contributed by atoms with Crippen molar-refractivity contribution in [2.75, 3.05) is 6.61 Å². The molecule has 3 rings (SSSR count). The summed E-state index contributed by atoms with van der Waals surface area (Å²) >= 11 is 0. The number of imide groups is 1. The van der Waals surface area contributed by atoms with E-state index in [1.807, 2.05) is 0 Å². The number of fused-ring (bicyclic) bond motifs is 1. The molecule has 2 aromatic carbocycles. The van der Waals surface area contributed by atoms with Crippen LogP contribution in [0.25, 0.3) is 0 Å². The highest BCUT2D eigenvalue weighted by molar-refractivity contribution is 6.22. The van der Waals surface area contributed by atoms with Crippen molar-refractivity contribution < 1.29 is 33.4 Å². The highest BCUT2D eigenvalue weighted by Gasteiger charge is 2.43. The molecule has 0 aromatic heterocycles. The Morgan fingerprint density at radius 2 is 1.47 bits per heavy atom. The molecule has 1 atom stereocenters. The van der Waals surface area contributed by atoms with E-state index in [2.05, 4.69) is 0 Å². The number of rotatable bonds is 7. The Balaban J connectivity index is 1.89. The predicted molar refractivity (Wildman–Crippen MR) is 104 cm³/mol. The first-order valence-electron chi connectivity index (χ1n) is 9.18. The number of Topliss-reactive ketones (excluding diaryl/α,β-unsaturated/α-hetero) is 1. The van der Waals surface area contributed by atoms with E-state index in [1.54, 1.807) is 24.3 Å². The zero-order valence-electron chi connectivity index (χ0n) is 16.4. The number of carbonyl (C=O) groups is 5. The summed E-state index contributed by atoms with van der Waals surface area (Å²) in [5, 5.41) is 0. The zero-order chi connectivity index (χ0) is 21.8. The second-order valence-corrected chi connectivity index (χ2v) is 6.79. The minimum atomic E-state index is -1.25. The summed E-state index contributed by atoms with van der Waals surface area (Å²) in [6.07, 6.45) is -0.0252. The largest absolute Gasteiger partial charge is 0.456 e.